The molecule has 0 aromatic carbocycles. The molecule has 0 aliphatic carbocycles. The summed E-state index contributed by atoms with van der Waals surface area (Å²) in [6.45, 7) is 2.28. The Kier molecular flexibility index (Phi) is 12.7. The average molecular weight is 687 g/mol. The third-order valence-corrected chi connectivity index (χ3v) is 7.87. The SMILES string of the molecule is O=C1NCCNCCn2cc(nn2)CO[C@@H]2O[C@@H](C(O)C(=O)NCCNCCn3cc(nn3)CO[C@@H]3O[C@@H](C1O)[C@H](O)[C@H]3O)[C@H](O)[C@H]2O. The maximum absolute atomic E-state index is 12.5. The molecule has 2 aromatic rings. The van der Waals surface area contributed by atoms with E-state index < -0.39 is 73.2 Å². The number of aliphatic hydroxyl groups is 6. The van der Waals surface area contributed by atoms with E-state index in [0.29, 0.717) is 50.7 Å². The maximum Gasteiger partial charge on any atom is 0.251 e. The van der Waals surface area contributed by atoms with Crippen molar-refractivity contribution in [3.8, 4) is 0 Å². The minimum absolute atomic E-state index is 0.135. The molecule has 0 radical (unpaired) electrons. The van der Waals surface area contributed by atoms with E-state index in [-0.39, 0.29) is 26.3 Å². The summed E-state index contributed by atoms with van der Waals surface area (Å²) in [6.07, 6.45) is -12.1. The van der Waals surface area contributed by atoms with Crippen LogP contribution in [-0.4, -0.2) is 173 Å². The van der Waals surface area contributed by atoms with E-state index in [0.717, 1.165) is 0 Å². The van der Waals surface area contributed by atoms with Gasteiger partial charge in [0.05, 0.1) is 38.7 Å². The lowest BCUT2D eigenvalue weighted by atomic mass is 10.1. The molecule has 2 fully saturated rings. The number of hydrogen-bond donors (Lipinski definition) is 10. The number of aliphatic hydroxyl groups excluding tert-OH is 6. The standard InChI is InChI=1S/C26H42N10O12/c37-15-17(39)25-46-12-14-10-36(34-32-14)8-6-28-2-4-30-24(44)20(42)22-16(38)18(40)26(48-22)45-11-13-9-35(33-31-13)7-5-27-1-3-29-23(43)19(41)21(15)47-25/h9-10,15-22,25-28,37-42H,1-8,11-12H2,(H,29,43)(H,30,44)/t15-,16-,17-,18-,19?,20?,21-,22-,25-,26-/m1/s1. The van der Waals surface area contributed by atoms with Crippen molar-refractivity contribution in [2.24, 2.45) is 0 Å². The lowest BCUT2D eigenvalue weighted by molar-refractivity contribution is -0.186. The van der Waals surface area contributed by atoms with Gasteiger partial charge in [-0.05, 0) is 0 Å². The topological polar surface area (TPSA) is 302 Å². The zero-order valence-corrected chi connectivity index (χ0v) is 25.8. The van der Waals surface area contributed by atoms with Crippen molar-refractivity contribution in [3.63, 3.8) is 0 Å². The fourth-order valence-corrected chi connectivity index (χ4v) is 5.20. The summed E-state index contributed by atoms with van der Waals surface area (Å²) in [5.41, 5.74) is 0.778. The molecule has 3 aliphatic rings. The van der Waals surface area contributed by atoms with Gasteiger partial charge in [-0.1, -0.05) is 10.4 Å². The third-order valence-electron chi connectivity index (χ3n) is 7.87. The first-order chi connectivity index (χ1) is 23.1. The van der Waals surface area contributed by atoms with Crippen LogP contribution in [0.15, 0.2) is 12.4 Å². The molecule has 22 nitrogen and oxygen atoms in total. The fourth-order valence-electron chi connectivity index (χ4n) is 5.20. The molecule has 3 aliphatic heterocycles. The summed E-state index contributed by atoms with van der Waals surface area (Å²) < 4.78 is 25.0. The van der Waals surface area contributed by atoms with Crippen LogP contribution in [0.2, 0.25) is 0 Å². The Labute approximate surface area is 273 Å². The van der Waals surface area contributed by atoms with Gasteiger partial charge < -0.3 is 70.9 Å². The number of amides is 2. The number of nitrogens with zero attached hydrogens (tertiary/aromatic N) is 6. The molecule has 48 heavy (non-hydrogen) atoms. The zero-order valence-electron chi connectivity index (χ0n) is 25.8. The normalized spacial score (nSPS) is 35.6. The summed E-state index contributed by atoms with van der Waals surface area (Å²) in [4.78, 5) is 25.0. The van der Waals surface area contributed by atoms with Gasteiger partial charge in [-0.25, -0.2) is 0 Å². The van der Waals surface area contributed by atoms with Gasteiger partial charge >= 0.3 is 0 Å². The van der Waals surface area contributed by atoms with E-state index in [1.54, 1.807) is 12.4 Å². The van der Waals surface area contributed by atoms with Crippen molar-refractivity contribution in [1.82, 2.24) is 51.3 Å². The highest BCUT2D eigenvalue weighted by atomic mass is 16.7. The monoisotopic (exact) mass is 686 g/mol. The number of aromatic nitrogens is 6. The second-order valence-corrected chi connectivity index (χ2v) is 11.4. The summed E-state index contributed by atoms with van der Waals surface area (Å²) in [5.74, 6) is -1.60. The van der Waals surface area contributed by atoms with Crippen LogP contribution in [0.25, 0.3) is 0 Å². The molecular weight excluding hydrogens is 644 g/mol. The van der Waals surface area contributed by atoms with Gasteiger partial charge in [-0.15, -0.1) is 10.2 Å². The quantitative estimate of drug-likeness (QED) is 0.123. The largest absolute Gasteiger partial charge is 0.387 e. The second kappa shape index (κ2) is 16.9. The molecule has 2 aromatic heterocycles. The highest BCUT2D eigenvalue weighted by Crippen LogP contribution is 2.26. The van der Waals surface area contributed by atoms with Crippen molar-refractivity contribution in [1.29, 1.82) is 0 Å². The molecule has 10 atom stereocenters. The van der Waals surface area contributed by atoms with Crippen LogP contribution < -0.4 is 21.3 Å². The van der Waals surface area contributed by atoms with Gasteiger partial charge in [-0.3, -0.25) is 19.0 Å². The average Bonchev–Trinajstić information content (AvgIpc) is 3.86. The molecule has 2 unspecified atom stereocenters. The molecule has 0 spiro atoms. The highest BCUT2D eigenvalue weighted by molar-refractivity contribution is 5.81. The molecule has 10 N–H and O–H groups in total. The molecule has 8 bridgehead atoms. The minimum Gasteiger partial charge on any atom is -0.387 e. The number of rotatable bonds is 0. The summed E-state index contributed by atoms with van der Waals surface area (Å²) >= 11 is 0. The molecule has 2 saturated heterocycles. The minimum atomic E-state index is -1.77. The van der Waals surface area contributed by atoms with Gasteiger partial charge in [-0.2, -0.15) is 0 Å². The van der Waals surface area contributed by atoms with E-state index in [2.05, 4.69) is 41.9 Å². The van der Waals surface area contributed by atoms with E-state index in [1.165, 1.54) is 9.36 Å². The van der Waals surface area contributed by atoms with Crippen LogP contribution in [0, 0.1) is 0 Å². The van der Waals surface area contributed by atoms with Gasteiger partial charge in [0, 0.05) is 39.3 Å². The number of carbonyl (C=O) groups excluding carboxylic acids is 2. The van der Waals surface area contributed by atoms with Crippen molar-refractivity contribution in [2.75, 3.05) is 39.3 Å². The van der Waals surface area contributed by atoms with Crippen molar-refractivity contribution in [3.05, 3.63) is 23.8 Å². The molecule has 2 amide bonds. The van der Waals surface area contributed by atoms with Crippen LogP contribution >= 0.6 is 0 Å². The van der Waals surface area contributed by atoms with Crippen LogP contribution in [0.1, 0.15) is 11.4 Å². The second-order valence-electron chi connectivity index (χ2n) is 11.4. The van der Waals surface area contributed by atoms with Crippen molar-refractivity contribution in [2.45, 2.75) is 87.7 Å². The van der Waals surface area contributed by atoms with E-state index in [9.17, 15) is 40.2 Å². The zero-order chi connectivity index (χ0) is 34.2. The van der Waals surface area contributed by atoms with Crippen molar-refractivity contribution >= 4 is 11.8 Å². The van der Waals surface area contributed by atoms with Gasteiger partial charge in [0.25, 0.3) is 11.8 Å². The number of carbonyl (C=O) groups is 2. The first-order valence-electron chi connectivity index (χ1n) is 15.5. The molecule has 0 saturated carbocycles. The Morgan fingerprint density at radius 3 is 1.44 bits per heavy atom. The number of hydrogen-bond acceptors (Lipinski definition) is 18. The predicted octanol–water partition coefficient (Wildman–Crippen LogP) is -7.36. The maximum atomic E-state index is 12.5. The van der Waals surface area contributed by atoms with Crippen LogP contribution in [0.4, 0.5) is 0 Å². The lowest BCUT2D eigenvalue weighted by Gasteiger charge is -2.20. The summed E-state index contributed by atoms with van der Waals surface area (Å²) in [6, 6.07) is 0. The molecule has 22 heteroatoms. The molecular formula is C26H42N10O12. The molecule has 5 heterocycles. The third kappa shape index (κ3) is 9.04. The van der Waals surface area contributed by atoms with Crippen LogP contribution in [0.5, 0.6) is 0 Å². The summed E-state index contributed by atoms with van der Waals surface area (Å²) in [5, 5.41) is 89.6. The van der Waals surface area contributed by atoms with Gasteiger partial charge in [0.15, 0.2) is 24.8 Å². The molecule has 5 rings (SSSR count). The predicted molar refractivity (Wildman–Crippen MR) is 155 cm³/mol. The van der Waals surface area contributed by atoms with Crippen molar-refractivity contribution < 1.29 is 59.2 Å². The Morgan fingerprint density at radius 1 is 0.604 bits per heavy atom. The number of nitrogens with one attached hydrogen (secondary N) is 4. The van der Waals surface area contributed by atoms with E-state index in [1.807, 2.05) is 0 Å². The Bertz CT molecular complexity index is 1240. The van der Waals surface area contributed by atoms with Gasteiger partial charge in [0.1, 0.15) is 48.0 Å². The summed E-state index contributed by atoms with van der Waals surface area (Å²) in [7, 11) is 0. The number of ether oxygens (including phenoxy) is 4. The Morgan fingerprint density at radius 2 is 1.02 bits per heavy atom. The van der Waals surface area contributed by atoms with Crippen LogP contribution in [-0.2, 0) is 54.8 Å². The molecule has 268 valence electrons. The van der Waals surface area contributed by atoms with E-state index in [4.69, 9.17) is 18.9 Å². The number of fused-ring (bicyclic) bond motifs is 8. The first-order valence-corrected chi connectivity index (χ1v) is 15.5. The fraction of sp³-hybridized carbons (Fsp3) is 0.769. The Balaban J connectivity index is 1.16. The Hall–Kier alpha value is -3.26. The lowest BCUT2D eigenvalue weighted by Crippen LogP contribution is -2.48. The highest BCUT2D eigenvalue weighted by Gasteiger charge is 2.49. The van der Waals surface area contributed by atoms with Gasteiger partial charge in [0.2, 0.25) is 0 Å². The van der Waals surface area contributed by atoms with E-state index >= 15 is 0 Å². The first kappa shape index (κ1) is 36.0. The van der Waals surface area contributed by atoms with Crippen LogP contribution in [0.3, 0.4) is 0 Å². The smallest absolute Gasteiger partial charge is 0.251 e.